The number of rotatable bonds is 15. The smallest absolute Gasteiger partial charge is 0.320 e. The quantitative estimate of drug-likeness (QED) is 0.112. The van der Waals surface area contributed by atoms with Gasteiger partial charge in [-0.3, -0.25) is 14.7 Å². The summed E-state index contributed by atoms with van der Waals surface area (Å²) < 4.78 is 19.2. The highest BCUT2D eigenvalue weighted by atomic mass is 35.5. The van der Waals surface area contributed by atoms with Crippen LogP contribution in [0.2, 0.25) is 5.02 Å². The van der Waals surface area contributed by atoms with Crippen molar-refractivity contribution >= 4 is 17.6 Å². The minimum Gasteiger partial charge on any atom is -0.493 e. The highest BCUT2D eigenvalue weighted by molar-refractivity contribution is 6.32. The van der Waals surface area contributed by atoms with Gasteiger partial charge in [0.05, 0.1) is 23.3 Å². The highest BCUT2D eigenvalue weighted by Crippen LogP contribution is 2.43. The normalized spacial score (nSPS) is 21.2. The summed E-state index contributed by atoms with van der Waals surface area (Å²) in [6.45, 7) is 9.56. The number of carboxylic acids is 1. The summed E-state index contributed by atoms with van der Waals surface area (Å²) in [5.41, 5.74) is 7.65. The van der Waals surface area contributed by atoms with Gasteiger partial charge in [0.15, 0.2) is 0 Å². The number of aromatic nitrogens is 1. The van der Waals surface area contributed by atoms with Gasteiger partial charge in [0, 0.05) is 49.2 Å². The van der Waals surface area contributed by atoms with Crippen LogP contribution in [-0.4, -0.2) is 75.9 Å². The lowest BCUT2D eigenvalue weighted by molar-refractivity contribution is -0.144. The van der Waals surface area contributed by atoms with Gasteiger partial charge in [0.1, 0.15) is 42.6 Å². The fraction of sp³-hybridized carbons (Fsp3) is 0.479. The Kier molecular flexibility index (Phi) is 14.1. The summed E-state index contributed by atoms with van der Waals surface area (Å²) in [4.78, 5) is 20.8. The van der Waals surface area contributed by atoms with E-state index in [1.165, 1.54) is 25.5 Å². The number of carbonyl (C=O) groups is 1. The molecule has 3 aromatic carbocycles. The number of likely N-dealkylation sites (tertiary alicyclic amines) is 2. The summed E-state index contributed by atoms with van der Waals surface area (Å²) in [5.74, 6) is 1.05. The van der Waals surface area contributed by atoms with Crippen LogP contribution in [0.5, 0.6) is 17.2 Å². The number of halogens is 1. The Morgan fingerprint density at radius 1 is 0.898 bits per heavy atom. The summed E-state index contributed by atoms with van der Waals surface area (Å²) >= 11 is 6.89. The average molecular weight is 821 g/mol. The number of pyridine rings is 1. The number of nitriles is 1. The van der Waals surface area contributed by atoms with E-state index in [1.54, 1.807) is 18.3 Å². The molecule has 2 N–H and O–H groups in total. The number of carboxylic acid groups (broad SMARTS) is 1. The number of aliphatic hydroxyl groups is 1. The van der Waals surface area contributed by atoms with E-state index in [9.17, 15) is 20.3 Å². The Morgan fingerprint density at radius 2 is 1.69 bits per heavy atom. The van der Waals surface area contributed by atoms with Crippen LogP contribution in [0.15, 0.2) is 67.0 Å². The van der Waals surface area contributed by atoms with Crippen LogP contribution in [0.4, 0.5) is 0 Å². The molecule has 4 aromatic rings. The minimum absolute atomic E-state index is 0.138. The summed E-state index contributed by atoms with van der Waals surface area (Å²) in [5, 5.41) is 30.1. The SMILES string of the molecule is Cc1c(COc2cc(OCc3cncc(C#N)c3)c(CN3CCCC[C@H]3C(=O)O)cc2Cl)cccc1-c1cccc(OCCCN2CCCC3(CCCC(O)C3)C2)c1C. The molecule has 7 rings (SSSR count). The van der Waals surface area contributed by atoms with Gasteiger partial charge in [0.25, 0.3) is 0 Å². The maximum absolute atomic E-state index is 12.1. The van der Waals surface area contributed by atoms with Crippen LogP contribution >= 0.6 is 11.6 Å². The lowest BCUT2D eigenvalue weighted by Gasteiger charge is -2.46. The van der Waals surface area contributed by atoms with Crippen LogP contribution in [0, 0.1) is 30.6 Å². The lowest BCUT2D eigenvalue weighted by Crippen LogP contribution is -2.47. The molecule has 3 atom stereocenters. The molecule has 3 heterocycles. The van der Waals surface area contributed by atoms with E-state index in [0.717, 1.165) is 103 Å². The number of aliphatic hydroxyl groups excluding tert-OH is 1. The maximum Gasteiger partial charge on any atom is 0.320 e. The second-order valence-electron chi connectivity index (χ2n) is 16.8. The first-order valence-corrected chi connectivity index (χ1v) is 21.6. The maximum atomic E-state index is 12.1. The Morgan fingerprint density at radius 3 is 2.51 bits per heavy atom. The Hall–Kier alpha value is -4.66. The topological polar surface area (TPSA) is 128 Å². The molecule has 312 valence electrons. The molecule has 11 heteroatoms. The third-order valence-corrected chi connectivity index (χ3v) is 12.9. The van der Waals surface area contributed by atoms with Gasteiger partial charge in [-0.1, -0.05) is 54.8 Å². The van der Waals surface area contributed by atoms with Crippen molar-refractivity contribution in [3.63, 3.8) is 0 Å². The molecule has 0 bridgehead atoms. The molecule has 1 saturated carbocycles. The van der Waals surface area contributed by atoms with Gasteiger partial charge in [-0.05, 0) is 130 Å². The van der Waals surface area contributed by atoms with Crippen molar-refractivity contribution in [3.8, 4) is 34.4 Å². The molecular weight excluding hydrogens is 764 g/mol. The summed E-state index contributed by atoms with van der Waals surface area (Å²) in [6, 6.07) is 19.4. The van der Waals surface area contributed by atoms with Crippen LogP contribution in [-0.2, 0) is 24.6 Å². The number of ether oxygens (including phenoxy) is 3. The first-order valence-electron chi connectivity index (χ1n) is 21.2. The van der Waals surface area contributed by atoms with Crippen molar-refractivity contribution in [2.45, 2.75) is 110 Å². The predicted molar refractivity (Wildman–Crippen MR) is 229 cm³/mol. The molecule has 59 heavy (non-hydrogen) atoms. The van der Waals surface area contributed by atoms with Crippen molar-refractivity contribution in [3.05, 3.63) is 105 Å². The van der Waals surface area contributed by atoms with E-state index in [1.807, 2.05) is 17.0 Å². The highest BCUT2D eigenvalue weighted by Gasteiger charge is 2.39. The zero-order valence-electron chi connectivity index (χ0n) is 34.4. The number of hydrogen-bond donors (Lipinski definition) is 2. The van der Waals surface area contributed by atoms with Crippen LogP contribution in [0.3, 0.4) is 0 Å². The summed E-state index contributed by atoms with van der Waals surface area (Å²) in [7, 11) is 0. The van der Waals surface area contributed by atoms with Gasteiger partial charge in [-0.25, -0.2) is 0 Å². The molecule has 2 saturated heterocycles. The second kappa shape index (κ2) is 19.6. The molecule has 3 aliphatic rings. The van der Waals surface area contributed by atoms with Crippen molar-refractivity contribution in [1.29, 1.82) is 5.26 Å². The fourth-order valence-electron chi connectivity index (χ4n) is 9.52. The average Bonchev–Trinajstić information content (AvgIpc) is 3.23. The molecule has 1 aromatic heterocycles. The molecule has 10 nitrogen and oxygen atoms in total. The number of nitrogens with zero attached hydrogens (tertiary/aromatic N) is 4. The van der Waals surface area contributed by atoms with Gasteiger partial charge < -0.3 is 29.3 Å². The minimum atomic E-state index is -0.830. The Bertz CT molecular complexity index is 2140. The first kappa shape index (κ1) is 42.5. The van der Waals surface area contributed by atoms with Crippen molar-refractivity contribution in [2.75, 3.05) is 32.8 Å². The first-order chi connectivity index (χ1) is 28.6. The number of benzene rings is 3. The van der Waals surface area contributed by atoms with Gasteiger partial charge in [0.2, 0.25) is 0 Å². The van der Waals surface area contributed by atoms with E-state index in [2.05, 4.69) is 60.1 Å². The van der Waals surface area contributed by atoms with Crippen molar-refractivity contribution < 1.29 is 29.2 Å². The molecule has 0 amide bonds. The van der Waals surface area contributed by atoms with E-state index < -0.39 is 12.0 Å². The predicted octanol–water partition coefficient (Wildman–Crippen LogP) is 9.27. The monoisotopic (exact) mass is 820 g/mol. The fourth-order valence-corrected chi connectivity index (χ4v) is 9.76. The molecule has 0 radical (unpaired) electrons. The Balaban J connectivity index is 1.02. The van der Waals surface area contributed by atoms with E-state index >= 15 is 0 Å². The van der Waals surface area contributed by atoms with Gasteiger partial charge >= 0.3 is 5.97 Å². The molecule has 2 aliphatic heterocycles. The third kappa shape index (κ3) is 10.6. The molecule has 3 fully saturated rings. The molecule has 1 spiro atoms. The number of piperidine rings is 2. The van der Waals surface area contributed by atoms with E-state index in [4.69, 9.17) is 25.8 Å². The van der Waals surface area contributed by atoms with Crippen molar-refractivity contribution in [2.24, 2.45) is 5.41 Å². The van der Waals surface area contributed by atoms with Gasteiger partial charge in [-0.2, -0.15) is 5.26 Å². The van der Waals surface area contributed by atoms with Crippen LogP contribution in [0.25, 0.3) is 11.1 Å². The lowest BCUT2D eigenvalue weighted by atomic mass is 9.68. The molecule has 1 aliphatic carbocycles. The van der Waals surface area contributed by atoms with Gasteiger partial charge in [-0.15, -0.1) is 0 Å². The van der Waals surface area contributed by atoms with E-state index in [-0.39, 0.29) is 19.3 Å². The number of aliphatic carboxylic acids is 1. The zero-order chi connectivity index (χ0) is 41.4. The zero-order valence-corrected chi connectivity index (χ0v) is 35.2. The second-order valence-corrected chi connectivity index (χ2v) is 17.2. The number of hydrogen-bond acceptors (Lipinski definition) is 9. The standard InChI is InChI=1S/C48H57ClN4O6/c1-33-37(10-5-12-40(33)41-13-6-15-44(34(41)2)57-21-9-19-52-18-8-17-48(32-52)16-7-11-39(54)25-48)31-59-46-24-45(58-30-36-22-35(26-50)27-51-28-36)38(23-42(46)49)29-53-20-4-3-14-43(53)47(55)56/h5-6,10,12-13,15,22-24,27-28,39,43,54H,3-4,7-9,11,14,16-21,25,29-32H2,1-2H3,(H,55,56)/t39?,43-,48?/m0/s1. The third-order valence-electron chi connectivity index (χ3n) is 12.6. The molecular formula is C48H57ClN4O6. The summed E-state index contributed by atoms with van der Waals surface area (Å²) in [6.07, 6.45) is 13.1. The van der Waals surface area contributed by atoms with Crippen LogP contribution in [0.1, 0.15) is 97.6 Å². The van der Waals surface area contributed by atoms with Crippen molar-refractivity contribution in [1.82, 2.24) is 14.8 Å². The largest absolute Gasteiger partial charge is 0.493 e. The molecule has 2 unspecified atom stereocenters. The van der Waals surface area contributed by atoms with E-state index in [0.29, 0.717) is 53.6 Å². The Labute approximate surface area is 353 Å². The van der Waals surface area contributed by atoms with Crippen LogP contribution < -0.4 is 14.2 Å².